The first kappa shape index (κ1) is 14.4. The Balaban J connectivity index is 2.92. The summed E-state index contributed by atoms with van der Waals surface area (Å²) in [5.41, 5.74) is 0.646. The van der Waals surface area contributed by atoms with E-state index in [4.69, 9.17) is 9.84 Å². The lowest BCUT2D eigenvalue weighted by molar-refractivity contribution is -0.138. The van der Waals surface area contributed by atoms with Crippen LogP contribution in [0.5, 0.6) is 5.75 Å². The van der Waals surface area contributed by atoms with Crippen molar-refractivity contribution in [1.82, 2.24) is 4.90 Å². The van der Waals surface area contributed by atoms with Crippen molar-refractivity contribution in [2.75, 3.05) is 13.7 Å². The zero-order valence-corrected chi connectivity index (χ0v) is 10.8. The minimum atomic E-state index is -0.904. The molecule has 18 heavy (non-hydrogen) atoms. The first-order valence-electron chi connectivity index (χ1n) is 5.72. The van der Waals surface area contributed by atoms with Crippen LogP contribution in [-0.2, 0) is 11.3 Å². The molecule has 0 aliphatic rings. The van der Waals surface area contributed by atoms with Gasteiger partial charge < -0.3 is 9.84 Å². The summed E-state index contributed by atoms with van der Waals surface area (Å²) in [4.78, 5) is 12.5. The minimum absolute atomic E-state index is 0.0501. The summed E-state index contributed by atoms with van der Waals surface area (Å²) in [5, 5.41) is 8.84. The summed E-state index contributed by atoms with van der Waals surface area (Å²) >= 11 is 0. The largest absolute Gasteiger partial charge is 0.496 e. The lowest BCUT2D eigenvalue weighted by Crippen LogP contribution is -2.35. The van der Waals surface area contributed by atoms with Crippen molar-refractivity contribution in [3.8, 4) is 5.75 Å². The fraction of sp³-hybridized carbons (Fsp3) is 0.462. The topological polar surface area (TPSA) is 49.8 Å². The molecular formula is C13H18FNO3. The molecule has 1 rings (SSSR count). The molecule has 0 amide bonds. The third-order valence-electron chi connectivity index (χ3n) is 2.68. The van der Waals surface area contributed by atoms with E-state index in [0.717, 1.165) is 0 Å². The molecule has 100 valence electrons. The van der Waals surface area contributed by atoms with Crippen LogP contribution >= 0.6 is 0 Å². The van der Waals surface area contributed by atoms with E-state index in [0.29, 0.717) is 17.9 Å². The van der Waals surface area contributed by atoms with Gasteiger partial charge in [0.25, 0.3) is 0 Å². The van der Waals surface area contributed by atoms with Crippen LogP contribution in [-0.4, -0.2) is 35.7 Å². The van der Waals surface area contributed by atoms with Crippen molar-refractivity contribution in [3.63, 3.8) is 0 Å². The summed E-state index contributed by atoms with van der Waals surface area (Å²) in [6.07, 6.45) is 0. The van der Waals surface area contributed by atoms with Crippen molar-refractivity contribution in [1.29, 1.82) is 0 Å². The number of hydrogen-bond donors (Lipinski definition) is 1. The molecule has 0 atom stereocenters. The molecule has 0 aromatic heterocycles. The van der Waals surface area contributed by atoms with Gasteiger partial charge in [-0.25, -0.2) is 4.39 Å². The second-order valence-corrected chi connectivity index (χ2v) is 4.35. The molecule has 4 nitrogen and oxygen atoms in total. The third kappa shape index (κ3) is 4.00. The number of rotatable bonds is 6. The van der Waals surface area contributed by atoms with Gasteiger partial charge in [-0.05, 0) is 32.0 Å². The highest BCUT2D eigenvalue weighted by molar-refractivity contribution is 5.69. The van der Waals surface area contributed by atoms with E-state index in [1.165, 1.54) is 19.2 Å². The number of hydrogen-bond acceptors (Lipinski definition) is 3. The highest BCUT2D eigenvalue weighted by Gasteiger charge is 2.16. The van der Waals surface area contributed by atoms with Gasteiger partial charge in [0.2, 0.25) is 0 Å². The quantitative estimate of drug-likeness (QED) is 0.846. The predicted octanol–water partition coefficient (Wildman–Crippen LogP) is 2.13. The van der Waals surface area contributed by atoms with E-state index < -0.39 is 5.97 Å². The number of carboxylic acids is 1. The van der Waals surface area contributed by atoms with E-state index >= 15 is 0 Å². The Labute approximate surface area is 106 Å². The second-order valence-electron chi connectivity index (χ2n) is 4.35. The zero-order chi connectivity index (χ0) is 13.7. The average molecular weight is 255 g/mol. The van der Waals surface area contributed by atoms with Crippen molar-refractivity contribution < 1.29 is 19.0 Å². The minimum Gasteiger partial charge on any atom is -0.496 e. The van der Waals surface area contributed by atoms with Crippen molar-refractivity contribution >= 4 is 5.97 Å². The maximum atomic E-state index is 13.2. The Morgan fingerprint density at radius 2 is 2.17 bits per heavy atom. The Morgan fingerprint density at radius 1 is 1.50 bits per heavy atom. The SMILES string of the molecule is COc1ccc(F)cc1CN(CC(=O)O)C(C)C. The van der Waals surface area contributed by atoms with Crippen LogP contribution in [0.15, 0.2) is 18.2 Å². The van der Waals surface area contributed by atoms with Crippen molar-refractivity contribution in [2.24, 2.45) is 0 Å². The lowest BCUT2D eigenvalue weighted by atomic mass is 10.1. The lowest BCUT2D eigenvalue weighted by Gasteiger charge is -2.25. The average Bonchev–Trinajstić information content (AvgIpc) is 2.27. The van der Waals surface area contributed by atoms with Crippen LogP contribution in [0.1, 0.15) is 19.4 Å². The third-order valence-corrected chi connectivity index (χ3v) is 2.68. The van der Waals surface area contributed by atoms with Gasteiger partial charge in [0.1, 0.15) is 11.6 Å². The van der Waals surface area contributed by atoms with Crippen LogP contribution in [0.4, 0.5) is 4.39 Å². The molecule has 0 saturated heterocycles. The fourth-order valence-electron chi connectivity index (χ4n) is 1.68. The highest BCUT2D eigenvalue weighted by atomic mass is 19.1. The Kier molecular flexibility index (Phi) is 5.09. The number of carbonyl (C=O) groups is 1. The maximum absolute atomic E-state index is 13.2. The smallest absolute Gasteiger partial charge is 0.317 e. The summed E-state index contributed by atoms with van der Waals surface area (Å²) in [6, 6.07) is 4.29. The van der Waals surface area contributed by atoms with E-state index in [9.17, 15) is 9.18 Å². The van der Waals surface area contributed by atoms with E-state index in [1.807, 2.05) is 13.8 Å². The van der Waals surface area contributed by atoms with Crippen molar-refractivity contribution in [3.05, 3.63) is 29.6 Å². The molecule has 0 fully saturated rings. The van der Waals surface area contributed by atoms with Gasteiger partial charge in [-0.2, -0.15) is 0 Å². The summed E-state index contributed by atoms with van der Waals surface area (Å²) in [7, 11) is 1.51. The molecule has 1 aromatic carbocycles. The molecule has 0 heterocycles. The van der Waals surface area contributed by atoms with E-state index in [-0.39, 0.29) is 18.4 Å². The Hall–Kier alpha value is -1.62. The molecule has 1 N–H and O–H groups in total. The van der Waals surface area contributed by atoms with E-state index in [1.54, 1.807) is 11.0 Å². The van der Waals surface area contributed by atoms with Crippen LogP contribution in [0, 0.1) is 5.82 Å². The standard InChI is InChI=1S/C13H18FNO3/c1-9(2)15(8-13(16)17)7-10-6-11(14)4-5-12(10)18-3/h4-6,9H,7-8H2,1-3H3,(H,16,17). The maximum Gasteiger partial charge on any atom is 0.317 e. The van der Waals surface area contributed by atoms with Crippen LogP contribution in [0.2, 0.25) is 0 Å². The van der Waals surface area contributed by atoms with Gasteiger partial charge in [-0.1, -0.05) is 0 Å². The van der Waals surface area contributed by atoms with Gasteiger partial charge in [0, 0.05) is 18.2 Å². The molecule has 0 unspecified atom stereocenters. The first-order chi connectivity index (χ1) is 8.43. The second kappa shape index (κ2) is 6.35. The predicted molar refractivity (Wildman–Crippen MR) is 66.1 cm³/mol. The number of halogens is 1. The first-order valence-corrected chi connectivity index (χ1v) is 5.72. The monoisotopic (exact) mass is 255 g/mol. The molecule has 0 aliphatic carbocycles. The number of carboxylic acid groups (broad SMARTS) is 1. The molecule has 5 heteroatoms. The Bertz CT molecular complexity index is 421. The molecule has 0 bridgehead atoms. The van der Waals surface area contributed by atoms with Gasteiger partial charge in [0.15, 0.2) is 0 Å². The fourth-order valence-corrected chi connectivity index (χ4v) is 1.68. The molecule has 0 radical (unpaired) electrons. The molecule has 0 aliphatic heterocycles. The van der Waals surface area contributed by atoms with Gasteiger partial charge in [-0.15, -0.1) is 0 Å². The van der Waals surface area contributed by atoms with Crippen LogP contribution < -0.4 is 4.74 Å². The Morgan fingerprint density at radius 3 is 2.67 bits per heavy atom. The number of benzene rings is 1. The number of nitrogens with zero attached hydrogens (tertiary/aromatic N) is 1. The zero-order valence-electron chi connectivity index (χ0n) is 10.8. The normalized spacial score (nSPS) is 11.0. The number of aliphatic carboxylic acids is 1. The number of ether oxygens (including phenoxy) is 1. The summed E-state index contributed by atoms with van der Waals surface area (Å²) in [5.74, 6) is -0.698. The molecule has 0 saturated carbocycles. The van der Waals surface area contributed by atoms with E-state index in [2.05, 4.69) is 0 Å². The van der Waals surface area contributed by atoms with Gasteiger partial charge >= 0.3 is 5.97 Å². The summed E-state index contributed by atoms with van der Waals surface area (Å²) < 4.78 is 18.4. The molecule has 1 aromatic rings. The highest BCUT2D eigenvalue weighted by Crippen LogP contribution is 2.21. The van der Waals surface area contributed by atoms with Gasteiger partial charge in [0.05, 0.1) is 13.7 Å². The van der Waals surface area contributed by atoms with Crippen LogP contribution in [0.3, 0.4) is 0 Å². The van der Waals surface area contributed by atoms with Gasteiger partial charge in [-0.3, -0.25) is 9.69 Å². The van der Waals surface area contributed by atoms with Crippen LogP contribution in [0.25, 0.3) is 0 Å². The summed E-state index contributed by atoms with van der Waals surface area (Å²) in [6.45, 7) is 4.05. The number of methoxy groups -OCH3 is 1. The molecule has 0 spiro atoms. The molecular weight excluding hydrogens is 237 g/mol. The van der Waals surface area contributed by atoms with Crippen molar-refractivity contribution in [2.45, 2.75) is 26.4 Å².